The summed E-state index contributed by atoms with van der Waals surface area (Å²) in [5.74, 6) is -0.503. The fourth-order valence-corrected chi connectivity index (χ4v) is 6.08. The Labute approximate surface area is 218 Å². The Hall–Kier alpha value is -3.47. The molecular weight excluding hydrogens is 497 g/mol. The van der Waals surface area contributed by atoms with Gasteiger partial charge in [0, 0.05) is 37.0 Å². The third-order valence-electron chi connectivity index (χ3n) is 7.22. The number of hydrogen-bond acceptors (Lipinski definition) is 5. The molecule has 198 valence electrons. The van der Waals surface area contributed by atoms with Gasteiger partial charge in [-0.3, -0.25) is 10.1 Å². The first-order chi connectivity index (χ1) is 17.4. The number of likely N-dealkylation sites (tertiary alicyclic amines) is 1. The number of halogens is 1. The van der Waals surface area contributed by atoms with E-state index in [0.717, 1.165) is 17.8 Å². The Morgan fingerprint density at radius 1 is 1.24 bits per heavy atom. The van der Waals surface area contributed by atoms with E-state index in [0.29, 0.717) is 46.1 Å². The summed E-state index contributed by atoms with van der Waals surface area (Å²) >= 11 is 1.16. The first kappa shape index (κ1) is 26.6. The molecule has 1 aliphatic rings. The fraction of sp³-hybridized carbons (Fsp3) is 0.462. The Morgan fingerprint density at radius 3 is 2.59 bits per heavy atom. The van der Waals surface area contributed by atoms with Crippen LogP contribution in [0.1, 0.15) is 46.2 Å². The van der Waals surface area contributed by atoms with Crippen molar-refractivity contribution in [2.75, 3.05) is 18.4 Å². The van der Waals surface area contributed by atoms with E-state index in [4.69, 9.17) is 0 Å². The maximum Gasteiger partial charge on any atom is 0.407 e. The molecule has 3 N–H and O–H groups in total. The number of thiazole rings is 1. The summed E-state index contributed by atoms with van der Waals surface area (Å²) in [4.78, 5) is 43.1. The Morgan fingerprint density at radius 2 is 1.97 bits per heavy atom. The molecule has 3 heterocycles. The summed E-state index contributed by atoms with van der Waals surface area (Å²) in [5.41, 5.74) is 0.280. The van der Waals surface area contributed by atoms with E-state index in [1.165, 1.54) is 17.0 Å². The van der Waals surface area contributed by atoms with Gasteiger partial charge in [0.2, 0.25) is 0 Å². The zero-order valence-electron chi connectivity index (χ0n) is 21.6. The molecule has 3 amide bonds. The second-order valence-electron chi connectivity index (χ2n) is 10.4. The highest BCUT2D eigenvalue weighted by atomic mass is 32.1. The molecule has 1 saturated heterocycles. The molecule has 0 aliphatic carbocycles. The predicted octanol–water partition coefficient (Wildman–Crippen LogP) is 5.27. The summed E-state index contributed by atoms with van der Waals surface area (Å²) in [5, 5.41) is 15.5. The second kappa shape index (κ2) is 9.77. The van der Waals surface area contributed by atoms with Gasteiger partial charge >= 0.3 is 12.1 Å². The Kier molecular flexibility index (Phi) is 7.02. The van der Waals surface area contributed by atoms with Crippen LogP contribution in [0.2, 0.25) is 0 Å². The van der Waals surface area contributed by atoms with Gasteiger partial charge in [-0.2, -0.15) is 0 Å². The molecule has 1 atom stereocenters. The second-order valence-corrected chi connectivity index (χ2v) is 11.5. The minimum Gasteiger partial charge on any atom is -0.465 e. The average Bonchev–Trinajstić information content (AvgIpc) is 3.39. The summed E-state index contributed by atoms with van der Waals surface area (Å²) < 4.78 is 17.3. The molecule has 0 radical (unpaired) electrons. The quantitative estimate of drug-likeness (QED) is 0.416. The van der Waals surface area contributed by atoms with E-state index in [1.807, 2.05) is 20.8 Å². The standard InChI is InChI=1S/C26H32FN5O4S/c1-6-28-22(34)30-23-29-19-12-17(18(27)13-20(19)37-23)16-10-15(2)31(21(33)11-16)14-26(25(3,4)5)8-7-9-32(26)24(35)36/h10-13H,6-9,14H2,1-5H3,(H,35,36)(H2,28,29,30,34). The van der Waals surface area contributed by atoms with Gasteiger partial charge in [0.15, 0.2) is 5.13 Å². The van der Waals surface area contributed by atoms with Crippen molar-refractivity contribution in [3.05, 3.63) is 46.1 Å². The maximum absolute atomic E-state index is 15.1. The van der Waals surface area contributed by atoms with Crippen molar-refractivity contribution in [2.45, 2.75) is 59.5 Å². The van der Waals surface area contributed by atoms with Crippen molar-refractivity contribution in [1.29, 1.82) is 0 Å². The number of nitrogens with zero attached hydrogens (tertiary/aromatic N) is 3. The van der Waals surface area contributed by atoms with Gasteiger partial charge < -0.3 is 19.9 Å². The molecule has 3 aromatic rings. The topological polar surface area (TPSA) is 117 Å². The van der Waals surface area contributed by atoms with Crippen LogP contribution in [0.3, 0.4) is 0 Å². The van der Waals surface area contributed by atoms with Gasteiger partial charge in [-0.1, -0.05) is 32.1 Å². The number of benzene rings is 1. The van der Waals surface area contributed by atoms with Crippen LogP contribution in [0.15, 0.2) is 29.1 Å². The lowest BCUT2D eigenvalue weighted by molar-refractivity contribution is 0.0166. The number of hydrogen-bond donors (Lipinski definition) is 3. The van der Waals surface area contributed by atoms with E-state index >= 15 is 4.39 Å². The van der Waals surface area contributed by atoms with Crippen LogP contribution >= 0.6 is 11.3 Å². The van der Waals surface area contributed by atoms with Crippen molar-refractivity contribution >= 4 is 38.8 Å². The third-order valence-corrected chi connectivity index (χ3v) is 8.15. The summed E-state index contributed by atoms with van der Waals surface area (Å²) in [6.07, 6.45) is 0.387. The molecule has 1 fully saturated rings. The number of carbonyl (C=O) groups is 2. The predicted molar refractivity (Wildman–Crippen MR) is 143 cm³/mol. The number of aromatic nitrogens is 2. The van der Waals surface area contributed by atoms with Crippen LogP contribution < -0.4 is 16.2 Å². The van der Waals surface area contributed by atoms with E-state index < -0.39 is 28.9 Å². The number of anilines is 1. The van der Waals surface area contributed by atoms with Gasteiger partial charge in [0.25, 0.3) is 5.56 Å². The number of urea groups is 1. The number of rotatable bonds is 5. The molecule has 37 heavy (non-hydrogen) atoms. The minimum atomic E-state index is -0.991. The van der Waals surface area contributed by atoms with Crippen molar-refractivity contribution in [1.82, 2.24) is 19.8 Å². The number of pyridine rings is 1. The van der Waals surface area contributed by atoms with Crippen LogP contribution in [-0.4, -0.2) is 50.3 Å². The van der Waals surface area contributed by atoms with Crippen LogP contribution in [0.4, 0.5) is 19.1 Å². The Bertz CT molecular complexity index is 1430. The van der Waals surface area contributed by atoms with E-state index in [1.54, 1.807) is 30.5 Å². The molecule has 0 spiro atoms. The smallest absolute Gasteiger partial charge is 0.407 e. The van der Waals surface area contributed by atoms with E-state index in [2.05, 4.69) is 15.6 Å². The van der Waals surface area contributed by atoms with E-state index in [-0.39, 0.29) is 17.7 Å². The summed E-state index contributed by atoms with van der Waals surface area (Å²) in [7, 11) is 0. The molecule has 1 aliphatic heterocycles. The number of amides is 3. The largest absolute Gasteiger partial charge is 0.465 e. The SMILES string of the molecule is CCNC(=O)Nc1nc2cc(-c3cc(C)n(CC4(C(C)(C)C)CCCN4C(=O)O)c(=O)c3)c(F)cc2s1. The molecule has 11 heteroatoms. The first-order valence-corrected chi connectivity index (χ1v) is 13.1. The molecular formula is C26H32FN5O4S. The highest BCUT2D eigenvalue weighted by Gasteiger charge is 2.52. The van der Waals surface area contributed by atoms with E-state index in [9.17, 15) is 19.5 Å². The van der Waals surface area contributed by atoms with Crippen LogP contribution in [0.5, 0.6) is 0 Å². The van der Waals surface area contributed by atoms with Gasteiger partial charge in [-0.25, -0.2) is 19.0 Å². The number of aryl methyl sites for hydroxylation is 1. The molecule has 9 nitrogen and oxygen atoms in total. The van der Waals surface area contributed by atoms with Gasteiger partial charge in [-0.05, 0) is 55.9 Å². The highest BCUT2D eigenvalue weighted by Crippen LogP contribution is 2.45. The maximum atomic E-state index is 15.1. The zero-order valence-corrected chi connectivity index (χ0v) is 22.5. The minimum absolute atomic E-state index is 0.218. The molecule has 0 saturated carbocycles. The highest BCUT2D eigenvalue weighted by molar-refractivity contribution is 7.22. The lowest BCUT2D eigenvalue weighted by Crippen LogP contribution is -2.58. The van der Waals surface area contributed by atoms with Crippen LogP contribution in [0, 0.1) is 18.2 Å². The normalized spacial score (nSPS) is 17.8. The summed E-state index contributed by atoms with van der Waals surface area (Å²) in [6.45, 7) is 10.7. The molecule has 1 unspecified atom stereocenters. The van der Waals surface area contributed by atoms with Crippen molar-refractivity contribution < 1.29 is 19.1 Å². The molecule has 4 rings (SSSR count). The number of carboxylic acid groups (broad SMARTS) is 1. The molecule has 2 aromatic heterocycles. The molecule has 1 aromatic carbocycles. The molecule has 0 bridgehead atoms. The lowest BCUT2D eigenvalue weighted by atomic mass is 9.71. The number of nitrogens with one attached hydrogen (secondary N) is 2. The fourth-order valence-electron chi connectivity index (χ4n) is 5.21. The van der Waals surface area contributed by atoms with Gasteiger partial charge in [0.1, 0.15) is 5.82 Å². The van der Waals surface area contributed by atoms with Crippen molar-refractivity contribution in [3.63, 3.8) is 0 Å². The summed E-state index contributed by atoms with van der Waals surface area (Å²) in [6, 6.07) is 5.65. The number of fused-ring (bicyclic) bond motifs is 1. The van der Waals surface area contributed by atoms with Crippen molar-refractivity contribution in [2.24, 2.45) is 5.41 Å². The monoisotopic (exact) mass is 529 g/mol. The van der Waals surface area contributed by atoms with Gasteiger partial charge in [-0.15, -0.1) is 0 Å². The Balaban J connectivity index is 1.71. The third kappa shape index (κ3) is 4.92. The van der Waals surface area contributed by atoms with Crippen molar-refractivity contribution in [3.8, 4) is 11.1 Å². The van der Waals surface area contributed by atoms with Crippen LogP contribution in [-0.2, 0) is 6.54 Å². The first-order valence-electron chi connectivity index (χ1n) is 12.2. The van der Waals surface area contributed by atoms with Gasteiger partial charge in [0.05, 0.1) is 15.8 Å². The van der Waals surface area contributed by atoms with Crippen LogP contribution in [0.25, 0.3) is 21.3 Å². The number of carbonyl (C=O) groups excluding carboxylic acids is 1. The zero-order chi connectivity index (χ0) is 27.1. The lowest BCUT2D eigenvalue weighted by Gasteiger charge is -2.47. The average molecular weight is 530 g/mol.